The van der Waals surface area contributed by atoms with Gasteiger partial charge in [0.15, 0.2) is 0 Å². The highest BCUT2D eigenvalue weighted by Gasteiger charge is 2.18. The van der Waals surface area contributed by atoms with Crippen molar-refractivity contribution in [3.8, 4) is 0 Å². The summed E-state index contributed by atoms with van der Waals surface area (Å²) in [5.74, 6) is 0.765. The third-order valence-corrected chi connectivity index (χ3v) is 5.55. The summed E-state index contributed by atoms with van der Waals surface area (Å²) in [6.07, 6.45) is 7.03. The summed E-state index contributed by atoms with van der Waals surface area (Å²) < 4.78 is 0. The first-order valence-electron chi connectivity index (χ1n) is 9.46. The lowest BCUT2D eigenvalue weighted by Gasteiger charge is -2.34. The van der Waals surface area contributed by atoms with Crippen LogP contribution in [-0.2, 0) is 4.79 Å². The topological polar surface area (TPSA) is 35.6 Å². The average molecular weight is 329 g/mol. The van der Waals surface area contributed by atoms with Gasteiger partial charge in [-0.25, -0.2) is 0 Å². The number of amides is 1. The molecule has 0 radical (unpaired) electrons. The van der Waals surface area contributed by atoms with Crippen molar-refractivity contribution in [3.05, 3.63) is 23.8 Å². The molecule has 1 amide bonds. The van der Waals surface area contributed by atoms with Gasteiger partial charge in [-0.05, 0) is 56.5 Å². The lowest BCUT2D eigenvalue weighted by atomic mass is 9.87. The molecule has 1 aliphatic heterocycles. The average Bonchev–Trinajstić information content (AvgIpc) is 2.58. The van der Waals surface area contributed by atoms with E-state index in [-0.39, 0.29) is 5.91 Å². The molecule has 0 bridgehead atoms. The Morgan fingerprint density at radius 3 is 2.50 bits per heavy atom. The van der Waals surface area contributed by atoms with Gasteiger partial charge < -0.3 is 15.1 Å². The standard InChI is InChI=1S/C20H31N3O/c1-16-14-18(23-12-10-22(2)11-13-23)8-9-19(16)21-20(24)15-17-6-4-3-5-7-17/h8-9,14,17H,3-7,10-13,15H2,1-2H3,(H,21,24). The van der Waals surface area contributed by atoms with Gasteiger partial charge in [0.25, 0.3) is 0 Å². The van der Waals surface area contributed by atoms with Crippen molar-refractivity contribution in [2.75, 3.05) is 43.4 Å². The summed E-state index contributed by atoms with van der Waals surface area (Å²) in [5.41, 5.74) is 3.39. The molecule has 4 nitrogen and oxygen atoms in total. The zero-order valence-electron chi connectivity index (χ0n) is 15.2. The Morgan fingerprint density at radius 1 is 1.12 bits per heavy atom. The Bertz CT molecular complexity index is 558. The minimum Gasteiger partial charge on any atom is -0.369 e. The predicted molar refractivity (Wildman–Crippen MR) is 101 cm³/mol. The Labute approximate surface area is 146 Å². The molecule has 2 aliphatic rings. The highest BCUT2D eigenvalue weighted by molar-refractivity contribution is 5.91. The fourth-order valence-electron chi connectivity index (χ4n) is 3.90. The number of nitrogens with zero attached hydrogens (tertiary/aromatic N) is 2. The maximum absolute atomic E-state index is 12.3. The van der Waals surface area contributed by atoms with Crippen LogP contribution in [0.25, 0.3) is 0 Å². The number of likely N-dealkylation sites (N-methyl/N-ethyl adjacent to an activating group) is 1. The van der Waals surface area contributed by atoms with Crippen LogP contribution in [0, 0.1) is 12.8 Å². The number of benzene rings is 1. The minimum atomic E-state index is 0.178. The third-order valence-electron chi connectivity index (χ3n) is 5.55. The minimum absolute atomic E-state index is 0.178. The zero-order valence-corrected chi connectivity index (χ0v) is 15.2. The number of anilines is 2. The monoisotopic (exact) mass is 329 g/mol. The summed E-state index contributed by atoms with van der Waals surface area (Å²) in [6, 6.07) is 6.43. The summed E-state index contributed by atoms with van der Waals surface area (Å²) >= 11 is 0. The second kappa shape index (κ2) is 8.02. The number of aryl methyl sites for hydroxylation is 1. The van der Waals surface area contributed by atoms with Gasteiger partial charge in [0.05, 0.1) is 0 Å². The van der Waals surface area contributed by atoms with Crippen LogP contribution >= 0.6 is 0 Å². The SMILES string of the molecule is Cc1cc(N2CCN(C)CC2)ccc1NC(=O)CC1CCCCC1. The van der Waals surface area contributed by atoms with Gasteiger partial charge in [-0.1, -0.05) is 19.3 Å². The molecular weight excluding hydrogens is 298 g/mol. The van der Waals surface area contributed by atoms with Gasteiger partial charge in [0.1, 0.15) is 0 Å². The molecule has 3 rings (SSSR count). The summed E-state index contributed by atoms with van der Waals surface area (Å²) in [5, 5.41) is 3.13. The first kappa shape index (κ1) is 17.3. The molecule has 1 aromatic rings. The van der Waals surface area contributed by atoms with Gasteiger partial charge in [-0.15, -0.1) is 0 Å². The number of nitrogens with one attached hydrogen (secondary N) is 1. The van der Waals surface area contributed by atoms with Crippen LogP contribution in [0.4, 0.5) is 11.4 Å². The Morgan fingerprint density at radius 2 is 1.83 bits per heavy atom. The van der Waals surface area contributed by atoms with E-state index in [0.717, 1.165) is 37.4 Å². The van der Waals surface area contributed by atoms with Gasteiger partial charge in [0.2, 0.25) is 5.91 Å². The fraction of sp³-hybridized carbons (Fsp3) is 0.650. The Balaban J connectivity index is 1.57. The molecule has 0 spiro atoms. The van der Waals surface area contributed by atoms with E-state index in [9.17, 15) is 4.79 Å². The van der Waals surface area contributed by atoms with E-state index in [4.69, 9.17) is 0 Å². The maximum Gasteiger partial charge on any atom is 0.224 e. The lowest BCUT2D eigenvalue weighted by molar-refractivity contribution is -0.117. The Hall–Kier alpha value is -1.55. The molecule has 0 atom stereocenters. The van der Waals surface area contributed by atoms with Crippen molar-refractivity contribution < 1.29 is 4.79 Å². The van der Waals surface area contributed by atoms with Crippen molar-refractivity contribution in [3.63, 3.8) is 0 Å². The second-order valence-corrected chi connectivity index (χ2v) is 7.55. The van der Waals surface area contributed by atoms with E-state index in [1.54, 1.807) is 0 Å². The van der Waals surface area contributed by atoms with Crippen LogP contribution < -0.4 is 10.2 Å². The first-order valence-corrected chi connectivity index (χ1v) is 9.46. The van der Waals surface area contributed by atoms with E-state index in [1.807, 2.05) is 0 Å². The second-order valence-electron chi connectivity index (χ2n) is 7.55. The highest BCUT2D eigenvalue weighted by Crippen LogP contribution is 2.28. The third kappa shape index (κ3) is 4.50. The van der Waals surface area contributed by atoms with E-state index in [0.29, 0.717) is 12.3 Å². The van der Waals surface area contributed by atoms with E-state index < -0.39 is 0 Å². The highest BCUT2D eigenvalue weighted by atomic mass is 16.1. The van der Waals surface area contributed by atoms with Crippen molar-refractivity contribution in [1.29, 1.82) is 0 Å². The van der Waals surface area contributed by atoms with Gasteiger partial charge >= 0.3 is 0 Å². The van der Waals surface area contributed by atoms with Gasteiger partial charge in [-0.3, -0.25) is 4.79 Å². The van der Waals surface area contributed by atoms with Gasteiger partial charge in [-0.2, -0.15) is 0 Å². The molecule has 1 heterocycles. The van der Waals surface area contributed by atoms with Crippen LogP contribution in [0.1, 0.15) is 44.1 Å². The van der Waals surface area contributed by atoms with Crippen LogP contribution in [0.2, 0.25) is 0 Å². The van der Waals surface area contributed by atoms with Crippen LogP contribution in [0.15, 0.2) is 18.2 Å². The number of carbonyl (C=O) groups is 1. The number of hydrogen-bond acceptors (Lipinski definition) is 3. The van der Waals surface area contributed by atoms with E-state index in [2.05, 4.69) is 47.3 Å². The van der Waals surface area contributed by atoms with Crippen molar-refractivity contribution in [2.45, 2.75) is 45.4 Å². The van der Waals surface area contributed by atoms with E-state index >= 15 is 0 Å². The molecule has 2 fully saturated rings. The quantitative estimate of drug-likeness (QED) is 0.916. The van der Waals surface area contributed by atoms with E-state index in [1.165, 1.54) is 37.8 Å². The number of hydrogen-bond donors (Lipinski definition) is 1. The first-order chi connectivity index (χ1) is 11.6. The van der Waals surface area contributed by atoms with Crippen molar-refractivity contribution in [2.24, 2.45) is 5.92 Å². The molecule has 1 saturated heterocycles. The van der Waals surface area contributed by atoms with Crippen LogP contribution in [0.5, 0.6) is 0 Å². The lowest BCUT2D eigenvalue weighted by Crippen LogP contribution is -2.44. The largest absolute Gasteiger partial charge is 0.369 e. The molecule has 1 N–H and O–H groups in total. The van der Waals surface area contributed by atoms with Crippen LogP contribution in [-0.4, -0.2) is 44.0 Å². The van der Waals surface area contributed by atoms with Crippen molar-refractivity contribution in [1.82, 2.24) is 4.90 Å². The molecule has 0 unspecified atom stereocenters. The number of piperazine rings is 1. The number of carbonyl (C=O) groups excluding carboxylic acids is 1. The molecular formula is C20H31N3O. The predicted octanol–water partition coefficient (Wildman–Crippen LogP) is 3.66. The Kier molecular flexibility index (Phi) is 5.77. The normalized spacial score (nSPS) is 20.2. The summed E-state index contributed by atoms with van der Waals surface area (Å²) in [4.78, 5) is 17.1. The molecule has 24 heavy (non-hydrogen) atoms. The summed E-state index contributed by atoms with van der Waals surface area (Å²) in [6.45, 7) is 6.46. The molecule has 4 heteroatoms. The number of rotatable bonds is 4. The molecule has 132 valence electrons. The molecule has 1 aromatic carbocycles. The van der Waals surface area contributed by atoms with Gasteiger partial charge in [0, 0.05) is 44.0 Å². The zero-order chi connectivity index (χ0) is 16.9. The van der Waals surface area contributed by atoms with Crippen LogP contribution in [0.3, 0.4) is 0 Å². The smallest absolute Gasteiger partial charge is 0.224 e. The maximum atomic E-state index is 12.3. The molecule has 1 saturated carbocycles. The fourth-order valence-corrected chi connectivity index (χ4v) is 3.90. The molecule has 1 aliphatic carbocycles. The molecule has 0 aromatic heterocycles. The van der Waals surface area contributed by atoms with Crippen molar-refractivity contribution >= 4 is 17.3 Å². The summed E-state index contributed by atoms with van der Waals surface area (Å²) in [7, 11) is 2.17.